The molecule has 0 heterocycles. The van der Waals surface area contributed by atoms with Crippen LogP contribution in [0.5, 0.6) is 0 Å². The van der Waals surface area contributed by atoms with Crippen LogP contribution in [0, 0.1) is 5.41 Å². The van der Waals surface area contributed by atoms with E-state index in [0.29, 0.717) is 5.41 Å². The molecule has 23 heavy (non-hydrogen) atoms. The Morgan fingerprint density at radius 2 is 1.09 bits per heavy atom. The summed E-state index contributed by atoms with van der Waals surface area (Å²) in [7, 11) is 0. The zero-order valence-electron chi connectivity index (χ0n) is 16.5. The molecule has 0 bridgehead atoms. The van der Waals surface area contributed by atoms with Gasteiger partial charge in [0.05, 0.1) is 0 Å². The highest BCUT2D eigenvalue weighted by atomic mass is 14.1. The van der Waals surface area contributed by atoms with E-state index in [0.717, 1.165) is 0 Å². The lowest BCUT2D eigenvalue weighted by molar-refractivity contribution is 0.463. The van der Waals surface area contributed by atoms with Crippen molar-refractivity contribution in [3.63, 3.8) is 0 Å². The van der Waals surface area contributed by atoms with Crippen LogP contribution in [0.1, 0.15) is 109 Å². The zero-order valence-corrected chi connectivity index (χ0v) is 16.5. The highest BCUT2D eigenvalue weighted by Gasteiger charge is 2.06. The molecule has 0 fully saturated rings. The molecule has 0 aliphatic rings. The second-order valence-corrected chi connectivity index (χ2v) is 6.17. The fourth-order valence-electron chi connectivity index (χ4n) is 1.13. The minimum absolute atomic E-state index is 0. The van der Waals surface area contributed by atoms with Gasteiger partial charge in [0.15, 0.2) is 0 Å². The highest BCUT2D eigenvalue weighted by Crippen LogP contribution is 2.19. The lowest BCUT2D eigenvalue weighted by Crippen LogP contribution is -2.02. The predicted octanol–water partition coefficient (Wildman–Crippen LogP) is 9.39. The fraction of sp³-hybridized carbons (Fsp3) is 0.739. The maximum atomic E-state index is 3.70. The number of hydrogen-bond acceptors (Lipinski definition) is 0. The molecule has 0 saturated carbocycles. The van der Waals surface area contributed by atoms with Crippen LogP contribution in [0.4, 0.5) is 0 Å². The van der Waals surface area contributed by atoms with Crippen molar-refractivity contribution >= 4 is 0 Å². The van der Waals surface area contributed by atoms with Crippen molar-refractivity contribution in [3.05, 3.63) is 36.0 Å². The minimum atomic E-state index is 0. The summed E-state index contributed by atoms with van der Waals surface area (Å²) in [6, 6.07) is 0. The van der Waals surface area contributed by atoms with Crippen LogP contribution in [0.25, 0.3) is 0 Å². The summed E-state index contributed by atoms with van der Waals surface area (Å²) in [5, 5.41) is 0. The van der Waals surface area contributed by atoms with Crippen molar-refractivity contribution in [2.24, 2.45) is 5.41 Å². The maximum Gasteiger partial charge on any atom is -0.0180 e. The van der Waals surface area contributed by atoms with Gasteiger partial charge in [0.1, 0.15) is 0 Å². The smallest absolute Gasteiger partial charge is 0.0180 e. The second kappa shape index (κ2) is 23.5. The van der Waals surface area contributed by atoms with Gasteiger partial charge in [-0.05, 0) is 51.4 Å². The lowest BCUT2D eigenvalue weighted by atomic mass is 9.91. The van der Waals surface area contributed by atoms with Gasteiger partial charge in [-0.3, -0.25) is 0 Å². The van der Waals surface area contributed by atoms with Crippen LogP contribution >= 0.6 is 0 Å². The van der Waals surface area contributed by atoms with Gasteiger partial charge in [-0.25, -0.2) is 0 Å². The van der Waals surface area contributed by atoms with Crippen molar-refractivity contribution in [1.29, 1.82) is 0 Å². The van der Waals surface area contributed by atoms with Crippen LogP contribution < -0.4 is 0 Å². The molecule has 0 spiro atoms. The Labute approximate surface area is 151 Å². The van der Waals surface area contributed by atoms with E-state index in [4.69, 9.17) is 0 Å². The van der Waals surface area contributed by atoms with Gasteiger partial charge >= 0.3 is 0 Å². The lowest BCUT2D eigenvalue weighted by Gasteiger charge is -2.14. The predicted molar refractivity (Wildman–Crippen MR) is 116 cm³/mol. The largest absolute Gasteiger partial charge is 0.103 e. The summed E-state index contributed by atoms with van der Waals surface area (Å²) >= 11 is 0. The molecule has 142 valence electrons. The first-order valence-corrected chi connectivity index (χ1v) is 8.69. The van der Waals surface area contributed by atoms with Gasteiger partial charge in [-0.15, -0.1) is 6.58 Å². The van der Waals surface area contributed by atoms with E-state index in [1.807, 2.05) is 6.08 Å². The first kappa shape index (κ1) is 33.7. The van der Waals surface area contributed by atoms with Crippen molar-refractivity contribution in [2.45, 2.75) is 109 Å². The summed E-state index contributed by atoms with van der Waals surface area (Å²) < 4.78 is 0. The molecular formula is C23H50. The van der Waals surface area contributed by atoms with Gasteiger partial charge in [0.25, 0.3) is 0 Å². The first-order valence-electron chi connectivity index (χ1n) is 8.69. The Balaban J connectivity index is -0.0000000675. The zero-order chi connectivity index (χ0) is 17.3. The average molecular weight is 327 g/mol. The van der Waals surface area contributed by atoms with Crippen molar-refractivity contribution in [3.8, 4) is 0 Å². The summed E-state index contributed by atoms with van der Waals surface area (Å²) in [4.78, 5) is 0. The second-order valence-electron chi connectivity index (χ2n) is 6.17. The molecule has 0 aliphatic carbocycles. The summed E-state index contributed by atoms with van der Waals surface area (Å²) in [5.74, 6) is 0. The van der Waals surface area contributed by atoms with Crippen LogP contribution in [-0.2, 0) is 0 Å². The summed E-state index contributed by atoms with van der Waals surface area (Å²) in [6.07, 6.45) is 12.5. The van der Waals surface area contributed by atoms with Crippen molar-refractivity contribution in [1.82, 2.24) is 0 Å². The Morgan fingerprint density at radius 3 is 1.13 bits per heavy atom. The molecule has 0 N–H and O–H groups in total. The highest BCUT2D eigenvalue weighted by molar-refractivity contribution is 4.95. The normalized spacial score (nSPS) is 10.8. The number of allylic oxidation sites excluding steroid dienone is 5. The first-order chi connectivity index (χ1) is 9.74. The molecule has 0 aromatic heterocycles. The Kier molecular flexibility index (Phi) is 34.5. The molecule has 0 atom stereocenters. The van der Waals surface area contributed by atoms with E-state index in [1.54, 1.807) is 0 Å². The van der Waals surface area contributed by atoms with E-state index in [9.17, 15) is 0 Å². The van der Waals surface area contributed by atoms with E-state index in [2.05, 4.69) is 81.0 Å². The molecule has 0 heteroatoms. The van der Waals surface area contributed by atoms with Crippen molar-refractivity contribution in [2.75, 3.05) is 0 Å². The van der Waals surface area contributed by atoms with Crippen LogP contribution in [0.15, 0.2) is 36.0 Å². The van der Waals surface area contributed by atoms with Crippen molar-refractivity contribution < 1.29 is 0 Å². The molecular weight excluding hydrogens is 276 g/mol. The fourth-order valence-corrected chi connectivity index (χ4v) is 1.13. The molecule has 0 nitrogen and oxygen atoms in total. The van der Waals surface area contributed by atoms with Gasteiger partial charge in [0, 0.05) is 0 Å². The van der Waals surface area contributed by atoms with Gasteiger partial charge in [-0.1, -0.05) is 92.7 Å². The maximum absolute atomic E-state index is 3.70. The van der Waals surface area contributed by atoms with E-state index in [-0.39, 0.29) is 14.9 Å². The van der Waals surface area contributed by atoms with Gasteiger partial charge < -0.3 is 0 Å². The van der Waals surface area contributed by atoms with E-state index in [1.165, 1.54) is 43.3 Å². The van der Waals surface area contributed by atoms with Gasteiger partial charge in [0.2, 0.25) is 0 Å². The quantitative estimate of drug-likeness (QED) is 0.426. The van der Waals surface area contributed by atoms with E-state index >= 15 is 0 Å². The Hall–Kier alpha value is -0.780. The minimum Gasteiger partial charge on any atom is -0.103 e. The van der Waals surface area contributed by atoms with Gasteiger partial charge in [-0.2, -0.15) is 0 Å². The molecule has 0 aromatic carbocycles. The molecule has 0 aromatic rings. The molecule has 0 unspecified atom stereocenters. The standard InChI is InChI=1S/3C7H14.2CH4/c1-5-7(3,4)6-2;2*1-4-6-7(3)5-2;;/h5H,1,6H2,2-4H3;2*6H,4-5H2,1-3H3;2*1H4/b;7-6+;7-6-;;. The third kappa shape index (κ3) is 33.8. The van der Waals surface area contributed by atoms with Crippen LogP contribution in [-0.4, -0.2) is 0 Å². The van der Waals surface area contributed by atoms with E-state index < -0.39 is 0 Å². The van der Waals surface area contributed by atoms with Crippen LogP contribution in [0.2, 0.25) is 0 Å². The molecule has 0 radical (unpaired) electrons. The topological polar surface area (TPSA) is 0 Å². The molecule has 0 saturated heterocycles. The average Bonchev–Trinajstić information content (AvgIpc) is 2.49. The Morgan fingerprint density at radius 1 is 0.783 bits per heavy atom. The third-order valence-corrected chi connectivity index (χ3v) is 3.68. The monoisotopic (exact) mass is 326 g/mol. The number of rotatable bonds is 6. The summed E-state index contributed by atoms with van der Waals surface area (Å²) in [6.45, 7) is 23.3. The number of hydrogen-bond donors (Lipinski definition) is 0. The Bertz CT molecular complexity index is 256. The molecule has 0 rings (SSSR count). The molecule has 0 amide bonds. The third-order valence-electron chi connectivity index (χ3n) is 3.68. The molecule has 0 aliphatic heterocycles. The SMILES string of the molecule is C.C.C=CC(C)(C)CC.CC/C=C(/C)CC.CC/C=C(\C)CC. The summed E-state index contributed by atoms with van der Waals surface area (Å²) in [5.41, 5.74) is 3.35. The van der Waals surface area contributed by atoms with Crippen LogP contribution in [0.3, 0.4) is 0 Å².